The van der Waals surface area contributed by atoms with Crippen LogP contribution in [0.25, 0.3) is 0 Å². The van der Waals surface area contributed by atoms with Gasteiger partial charge in [0.05, 0.1) is 18.8 Å². The van der Waals surface area contributed by atoms with Crippen LogP contribution in [0, 0.1) is 5.92 Å². The predicted molar refractivity (Wildman–Crippen MR) is 114 cm³/mol. The molecule has 3 aromatic rings. The lowest BCUT2D eigenvalue weighted by atomic mass is 9.88. The molecule has 2 aliphatic carbocycles. The van der Waals surface area contributed by atoms with Crippen LogP contribution in [0.4, 0.5) is 0 Å². The fraction of sp³-hybridized carbons (Fsp3) is 0.435. The summed E-state index contributed by atoms with van der Waals surface area (Å²) >= 11 is 6.00. The second-order valence-corrected chi connectivity index (χ2v) is 8.97. The van der Waals surface area contributed by atoms with E-state index < -0.39 is 0 Å². The van der Waals surface area contributed by atoms with Gasteiger partial charge in [0.2, 0.25) is 0 Å². The summed E-state index contributed by atoms with van der Waals surface area (Å²) in [6.07, 6.45) is 7.59. The van der Waals surface area contributed by atoms with Crippen LogP contribution < -0.4 is 5.32 Å². The molecule has 30 heavy (non-hydrogen) atoms. The van der Waals surface area contributed by atoms with Crippen molar-refractivity contribution in [1.82, 2.24) is 20.3 Å². The largest absolute Gasteiger partial charge is 0.360 e. The first kappa shape index (κ1) is 19.4. The predicted octanol–water partition coefficient (Wildman–Crippen LogP) is 4.51. The van der Waals surface area contributed by atoms with Crippen molar-refractivity contribution in [3.05, 3.63) is 69.3 Å². The minimum atomic E-state index is -0.141. The molecule has 0 spiro atoms. The van der Waals surface area contributed by atoms with Crippen molar-refractivity contribution < 1.29 is 9.32 Å². The number of halogens is 1. The number of benzene rings is 1. The highest BCUT2D eigenvalue weighted by atomic mass is 35.5. The lowest BCUT2D eigenvalue weighted by Gasteiger charge is -2.24. The standard InChI is InChI=1S/C23H25ClN4O2/c1-14-5-10-21-17(11-14)22(27-30-21)23(29)26-19-3-2-4-20-18(19)12-25-28(20)13-15-6-8-16(24)9-7-15/h6-9,12,14,19H,2-5,10-11,13H2,1H3,(H,26,29)/t14-,19+/m0/s1. The van der Waals surface area contributed by atoms with Crippen LogP contribution in [0.1, 0.15) is 70.9 Å². The molecule has 0 saturated carbocycles. The molecule has 2 heterocycles. The summed E-state index contributed by atoms with van der Waals surface area (Å²) in [5.74, 6) is 1.28. The summed E-state index contributed by atoms with van der Waals surface area (Å²) in [4.78, 5) is 13.0. The van der Waals surface area contributed by atoms with Crippen molar-refractivity contribution in [1.29, 1.82) is 0 Å². The van der Waals surface area contributed by atoms with Crippen LogP contribution >= 0.6 is 11.6 Å². The fourth-order valence-corrected chi connectivity index (χ4v) is 4.78. The van der Waals surface area contributed by atoms with Crippen molar-refractivity contribution in [2.24, 2.45) is 5.92 Å². The summed E-state index contributed by atoms with van der Waals surface area (Å²) in [6, 6.07) is 7.79. The molecule has 1 amide bonds. The number of amides is 1. The maximum Gasteiger partial charge on any atom is 0.274 e. The number of fused-ring (bicyclic) bond motifs is 2. The van der Waals surface area contributed by atoms with Gasteiger partial charge in [0, 0.05) is 28.3 Å². The molecule has 0 unspecified atom stereocenters. The van der Waals surface area contributed by atoms with E-state index in [1.54, 1.807) is 0 Å². The molecule has 5 rings (SSSR count). The van der Waals surface area contributed by atoms with E-state index in [4.69, 9.17) is 16.1 Å². The monoisotopic (exact) mass is 424 g/mol. The van der Waals surface area contributed by atoms with E-state index in [-0.39, 0.29) is 11.9 Å². The summed E-state index contributed by atoms with van der Waals surface area (Å²) in [5, 5.41) is 12.6. The van der Waals surface area contributed by atoms with Gasteiger partial charge >= 0.3 is 0 Å². The third-order valence-corrected chi connectivity index (χ3v) is 6.57. The zero-order valence-electron chi connectivity index (χ0n) is 17.0. The number of hydrogen-bond donors (Lipinski definition) is 1. The lowest BCUT2D eigenvalue weighted by molar-refractivity contribution is 0.0922. The smallest absolute Gasteiger partial charge is 0.274 e. The Hall–Kier alpha value is -2.60. The number of rotatable bonds is 4. The van der Waals surface area contributed by atoms with Crippen LogP contribution in [0.15, 0.2) is 35.0 Å². The van der Waals surface area contributed by atoms with Crippen molar-refractivity contribution in [2.45, 2.75) is 58.0 Å². The van der Waals surface area contributed by atoms with Gasteiger partial charge in [-0.05, 0) is 55.7 Å². The molecular formula is C23H25ClN4O2. The molecule has 7 heteroatoms. The Labute approximate surface area is 180 Å². The average Bonchev–Trinajstić information content (AvgIpc) is 3.34. The molecule has 0 fully saturated rings. The average molecular weight is 425 g/mol. The van der Waals surface area contributed by atoms with Gasteiger partial charge in [-0.15, -0.1) is 0 Å². The van der Waals surface area contributed by atoms with E-state index in [0.717, 1.165) is 66.0 Å². The van der Waals surface area contributed by atoms with E-state index in [9.17, 15) is 4.79 Å². The summed E-state index contributed by atoms with van der Waals surface area (Å²) < 4.78 is 7.50. The molecule has 0 aliphatic heterocycles. The topological polar surface area (TPSA) is 73.0 Å². The third kappa shape index (κ3) is 3.65. The zero-order valence-corrected chi connectivity index (χ0v) is 17.8. The van der Waals surface area contributed by atoms with E-state index in [2.05, 4.69) is 22.5 Å². The highest BCUT2D eigenvalue weighted by Gasteiger charge is 2.30. The first-order chi connectivity index (χ1) is 14.6. The van der Waals surface area contributed by atoms with Crippen molar-refractivity contribution >= 4 is 17.5 Å². The minimum Gasteiger partial charge on any atom is -0.360 e. The summed E-state index contributed by atoms with van der Waals surface area (Å²) in [6.45, 7) is 2.90. The number of carbonyl (C=O) groups is 1. The molecule has 0 radical (unpaired) electrons. The van der Waals surface area contributed by atoms with Crippen molar-refractivity contribution in [3.63, 3.8) is 0 Å². The fourth-order valence-electron chi connectivity index (χ4n) is 4.65. The lowest BCUT2D eigenvalue weighted by Crippen LogP contribution is -2.32. The Kier molecular flexibility index (Phi) is 5.11. The van der Waals surface area contributed by atoms with Crippen LogP contribution in [0.2, 0.25) is 5.02 Å². The molecule has 2 aromatic heterocycles. The number of hydrogen-bond acceptors (Lipinski definition) is 4. The number of nitrogens with one attached hydrogen (secondary N) is 1. The van der Waals surface area contributed by atoms with Gasteiger partial charge in [-0.25, -0.2) is 0 Å². The molecule has 0 bridgehead atoms. The van der Waals surface area contributed by atoms with Gasteiger partial charge in [0.15, 0.2) is 5.69 Å². The number of nitrogens with zero attached hydrogens (tertiary/aromatic N) is 3. The first-order valence-corrected chi connectivity index (χ1v) is 11.0. The van der Waals surface area contributed by atoms with Gasteiger partial charge in [0.1, 0.15) is 5.76 Å². The summed E-state index contributed by atoms with van der Waals surface area (Å²) in [7, 11) is 0. The van der Waals surface area contributed by atoms with E-state index in [0.29, 0.717) is 18.2 Å². The van der Waals surface area contributed by atoms with Crippen molar-refractivity contribution in [2.75, 3.05) is 0 Å². The van der Waals surface area contributed by atoms with E-state index in [1.807, 2.05) is 35.1 Å². The Balaban J connectivity index is 1.34. The van der Waals surface area contributed by atoms with Crippen LogP contribution in [-0.2, 0) is 25.8 Å². The van der Waals surface area contributed by atoms with Gasteiger partial charge in [-0.1, -0.05) is 35.8 Å². The SMILES string of the molecule is C[C@H]1CCc2onc(C(=O)N[C@@H]3CCCc4c3cnn4Cc3ccc(Cl)cc3)c2C1. The zero-order chi connectivity index (χ0) is 20.7. The summed E-state index contributed by atoms with van der Waals surface area (Å²) in [5.41, 5.74) is 4.89. The van der Waals surface area contributed by atoms with Crippen molar-refractivity contribution in [3.8, 4) is 0 Å². The maximum atomic E-state index is 13.0. The van der Waals surface area contributed by atoms with Gasteiger partial charge in [-0.3, -0.25) is 9.48 Å². The second kappa shape index (κ2) is 7.91. The minimum absolute atomic E-state index is 0.0476. The maximum absolute atomic E-state index is 13.0. The Morgan fingerprint density at radius 2 is 2.10 bits per heavy atom. The molecule has 2 aliphatic rings. The molecule has 0 saturated heterocycles. The van der Waals surface area contributed by atoms with Crippen LogP contribution in [0.5, 0.6) is 0 Å². The van der Waals surface area contributed by atoms with Gasteiger partial charge in [0.25, 0.3) is 5.91 Å². The highest BCUT2D eigenvalue weighted by molar-refractivity contribution is 6.30. The second-order valence-electron chi connectivity index (χ2n) is 8.53. The number of aryl methyl sites for hydroxylation is 1. The van der Waals surface area contributed by atoms with Crippen LogP contribution in [-0.4, -0.2) is 20.8 Å². The van der Waals surface area contributed by atoms with Gasteiger partial charge in [-0.2, -0.15) is 5.10 Å². The number of carbonyl (C=O) groups excluding carboxylic acids is 1. The van der Waals surface area contributed by atoms with Crippen LogP contribution in [0.3, 0.4) is 0 Å². The molecule has 6 nitrogen and oxygen atoms in total. The molecular weight excluding hydrogens is 400 g/mol. The first-order valence-electron chi connectivity index (χ1n) is 10.7. The normalized spacial score (nSPS) is 20.5. The van der Waals surface area contributed by atoms with E-state index >= 15 is 0 Å². The number of aromatic nitrogens is 3. The molecule has 1 N–H and O–H groups in total. The molecule has 2 atom stereocenters. The molecule has 156 valence electrons. The third-order valence-electron chi connectivity index (χ3n) is 6.32. The highest BCUT2D eigenvalue weighted by Crippen LogP contribution is 2.32. The Bertz CT molecular complexity index is 1070. The van der Waals surface area contributed by atoms with Gasteiger partial charge < -0.3 is 9.84 Å². The Morgan fingerprint density at radius 1 is 1.27 bits per heavy atom. The quantitative estimate of drug-likeness (QED) is 0.669. The molecule has 1 aromatic carbocycles. The Morgan fingerprint density at radius 3 is 2.93 bits per heavy atom. The van der Waals surface area contributed by atoms with E-state index in [1.165, 1.54) is 5.69 Å².